The second kappa shape index (κ2) is 6.40. The molecule has 1 amide bonds. The number of hydrogen-bond acceptors (Lipinski definition) is 5. The third-order valence-electron chi connectivity index (χ3n) is 3.67. The van der Waals surface area contributed by atoms with Gasteiger partial charge in [-0.05, 0) is 19.1 Å². The molecule has 2 heterocycles. The Bertz CT molecular complexity index is 1020. The van der Waals surface area contributed by atoms with Gasteiger partial charge < -0.3 is 4.90 Å². The Morgan fingerprint density at radius 2 is 2.00 bits per heavy atom. The van der Waals surface area contributed by atoms with Crippen molar-refractivity contribution in [3.63, 3.8) is 0 Å². The maximum Gasteiger partial charge on any atom is 0.273 e. The minimum Gasteiger partial charge on any atom is -0.338 e. The van der Waals surface area contributed by atoms with Crippen LogP contribution in [0.1, 0.15) is 10.7 Å². The van der Waals surface area contributed by atoms with Crippen LogP contribution >= 0.6 is 11.3 Å². The molecule has 0 saturated heterocycles. The fourth-order valence-electron chi connectivity index (χ4n) is 2.43. The molecule has 0 aliphatic heterocycles. The van der Waals surface area contributed by atoms with Gasteiger partial charge in [0.1, 0.15) is 6.54 Å². The van der Waals surface area contributed by atoms with Crippen LogP contribution in [0.15, 0.2) is 39.2 Å². The molecule has 1 aromatic carbocycles. The molecule has 2 aromatic heterocycles. The molecule has 124 valence electrons. The Hall–Kier alpha value is -2.74. The van der Waals surface area contributed by atoms with Crippen LogP contribution in [0.5, 0.6) is 0 Å². The molecule has 3 aromatic rings. The number of nitrogens with zero attached hydrogens (tertiary/aromatic N) is 3. The molecule has 3 rings (SSSR count). The highest BCUT2D eigenvalue weighted by Gasteiger charge is 2.14. The van der Waals surface area contributed by atoms with Gasteiger partial charge in [-0.25, -0.2) is 9.67 Å². The van der Waals surface area contributed by atoms with Crippen molar-refractivity contribution >= 4 is 28.0 Å². The summed E-state index contributed by atoms with van der Waals surface area (Å²) < 4.78 is 1.05. The summed E-state index contributed by atoms with van der Waals surface area (Å²) in [4.78, 5) is 42.6. The van der Waals surface area contributed by atoms with E-state index in [1.54, 1.807) is 31.3 Å². The van der Waals surface area contributed by atoms with Gasteiger partial charge in [-0.2, -0.15) is 0 Å². The number of thiazole rings is 1. The van der Waals surface area contributed by atoms with Crippen LogP contribution in [0.2, 0.25) is 0 Å². The van der Waals surface area contributed by atoms with E-state index < -0.39 is 11.1 Å². The molecule has 0 bridgehead atoms. The number of hydrogen-bond donors (Lipinski definition) is 1. The van der Waals surface area contributed by atoms with Crippen LogP contribution in [-0.4, -0.2) is 32.6 Å². The van der Waals surface area contributed by atoms with Gasteiger partial charge in [0.05, 0.1) is 28.0 Å². The highest BCUT2D eigenvalue weighted by Crippen LogP contribution is 2.10. The number of H-pyrrole nitrogens is 1. The second-order valence-electron chi connectivity index (χ2n) is 5.49. The smallest absolute Gasteiger partial charge is 0.273 e. The van der Waals surface area contributed by atoms with E-state index in [1.165, 1.54) is 16.2 Å². The van der Waals surface area contributed by atoms with Crippen LogP contribution in [0, 0.1) is 6.92 Å². The molecule has 0 spiro atoms. The van der Waals surface area contributed by atoms with Crippen LogP contribution in [0.25, 0.3) is 10.8 Å². The summed E-state index contributed by atoms with van der Waals surface area (Å²) in [6, 6.07) is 6.54. The summed E-state index contributed by atoms with van der Waals surface area (Å²) in [5, 5.41) is 5.90. The number of amides is 1. The molecular weight excluding hydrogens is 328 g/mol. The lowest BCUT2D eigenvalue weighted by atomic mass is 10.2. The lowest BCUT2D eigenvalue weighted by molar-refractivity contribution is -0.131. The number of nitrogens with one attached hydrogen (secondary N) is 1. The Morgan fingerprint density at radius 3 is 2.67 bits per heavy atom. The maximum absolute atomic E-state index is 12.4. The molecular formula is C16H16N4O3S. The zero-order chi connectivity index (χ0) is 17.3. The summed E-state index contributed by atoms with van der Waals surface area (Å²) in [7, 11) is 1.64. The Morgan fingerprint density at radius 1 is 1.29 bits per heavy atom. The largest absolute Gasteiger partial charge is 0.338 e. The van der Waals surface area contributed by atoms with Crippen molar-refractivity contribution in [3.05, 3.63) is 61.1 Å². The van der Waals surface area contributed by atoms with E-state index in [0.29, 0.717) is 17.3 Å². The number of likely N-dealkylation sites (N-methyl/N-ethyl adjacent to an activating group) is 1. The van der Waals surface area contributed by atoms with E-state index >= 15 is 0 Å². The maximum atomic E-state index is 12.4. The number of aromatic amines is 1. The van der Waals surface area contributed by atoms with Crippen molar-refractivity contribution in [2.75, 3.05) is 7.05 Å². The van der Waals surface area contributed by atoms with E-state index in [0.717, 1.165) is 15.4 Å². The van der Waals surface area contributed by atoms with Crippen LogP contribution < -0.4 is 11.1 Å². The Kier molecular flexibility index (Phi) is 4.30. The van der Waals surface area contributed by atoms with Crippen molar-refractivity contribution < 1.29 is 4.79 Å². The van der Waals surface area contributed by atoms with Crippen molar-refractivity contribution in [2.24, 2.45) is 0 Å². The number of rotatable bonds is 4. The quantitative estimate of drug-likeness (QED) is 0.768. The zero-order valence-corrected chi connectivity index (χ0v) is 14.1. The van der Waals surface area contributed by atoms with Crippen molar-refractivity contribution in [3.8, 4) is 0 Å². The fraction of sp³-hybridized carbons (Fsp3) is 0.250. The Labute approximate surface area is 141 Å². The molecule has 0 aliphatic carbocycles. The molecule has 8 heteroatoms. The minimum atomic E-state index is -0.393. The summed E-state index contributed by atoms with van der Waals surface area (Å²) >= 11 is 1.52. The Balaban J connectivity index is 1.84. The van der Waals surface area contributed by atoms with Gasteiger partial charge in [0.15, 0.2) is 0 Å². The molecule has 1 N–H and O–H groups in total. The molecule has 0 unspecified atom stereocenters. The van der Waals surface area contributed by atoms with Gasteiger partial charge in [0.2, 0.25) is 5.91 Å². The SMILES string of the molecule is Cc1nc(CN(C)C(=O)Cn2[nH]c(=O)c3ccccc3c2=O)cs1. The normalized spacial score (nSPS) is 10.9. The van der Waals surface area contributed by atoms with Gasteiger partial charge in [-0.3, -0.25) is 19.5 Å². The van der Waals surface area contributed by atoms with Crippen LogP contribution in [0.4, 0.5) is 0 Å². The lowest BCUT2D eigenvalue weighted by Gasteiger charge is -2.16. The monoisotopic (exact) mass is 344 g/mol. The van der Waals surface area contributed by atoms with E-state index in [1.807, 2.05) is 12.3 Å². The minimum absolute atomic E-state index is 0.224. The predicted molar refractivity (Wildman–Crippen MR) is 92.2 cm³/mol. The number of benzene rings is 1. The summed E-state index contributed by atoms with van der Waals surface area (Å²) in [6.45, 7) is 2.03. The first-order valence-corrected chi connectivity index (χ1v) is 8.20. The fourth-order valence-corrected chi connectivity index (χ4v) is 3.03. The van der Waals surface area contributed by atoms with Gasteiger partial charge >= 0.3 is 0 Å². The second-order valence-corrected chi connectivity index (χ2v) is 6.55. The summed E-state index contributed by atoms with van der Waals surface area (Å²) in [5.41, 5.74) is 0.0138. The summed E-state index contributed by atoms with van der Waals surface area (Å²) in [5.74, 6) is -0.284. The van der Waals surface area contributed by atoms with E-state index in [4.69, 9.17) is 0 Å². The zero-order valence-electron chi connectivity index (χ0n) is 13.3. The average Bonchev–Trinajstić information content (AvgIpc) is 2.97. The third-order valence-corrected chi connectivity index (χ3v) is 4.49. The molecule has 0 atom stereocenters. The average molecular weight is 344 g/mol. The molecule has 0 saturated carbocycles. The summed E-state index contributed by atoms with van der Waals surface area (Å²) in [6.07, 6.45) is 0. The van der Waals surface area contributed by atoms with Gasteiger partial charge in [-0.15, -0.1) is 11.3 Å². The van der Waals surface area contributed by atoms with E-state index in [9.17, 15) is 14.4 Å². The number of carbonyl (C=O) groups excluding carboxylic acids is 1. The van der Waals surface area contributed by atoms with E-state index in [2.05, 4.69) is 10.1 Å². The number of aryl methyl sites for hydroxylation is 1. The van der Waals surface area contributed by atoms with Gasteiger partial charge in [0.25, 0.3) is 11.1 Å². The van der Waals surface area contributed by atoms with Crippen LogP contribution in [-0.2, 0) is 17.9 Å². The number of fused-ring (bicyclic) bond motifs is 1. The molecule has 7 nitrogen and oxygen atoms in total. The predicted octanol–water partition coefficient (Wildman–Crippen LogP) is 1.11. The topological polar surface area (TPSA) is 88.1 Å². The van der Waals surface area contributed by atoms with Crippen molar-refractivity contribution in [2.45, 2.75) is 20.0 Å². The molecule has 0 aliphatic rings. The lowest BCUT2D eigenvalue weighted by Crippen LogP contribution is -2.37. The van der Waals surface area contributed by atoms with Crippen LogP contribution in [0.3, 0.4) is 0 Å². The van der Waals surface area contributed by atoms with E-state index in [-0.39, 0.29) is 12.5 Å². The standard InChI is InChI=1S/C16H16N4O3S/c1-10-17-11(9-24-10)7-19(2)14(21)8-20-16(23)13-6-4-3-5-12(13)15(22)18-20/h3-6,9H,7-8H2,1-2H3,(H,18,22). The highest BCUT2D eigenvalue weighted by molar-refractivity contribution is 7.09. The molecule has 0 radical (unpaired) electrons. The van der Waals surface area contributed by atoms with Crippen molar-refractivity contribution in [1.82, 2.24) is 19.7 Å². The van der Waals surface area contributed by atoms with Crippen molar-refractivity contribution in [1.29, 1.82) is 0 Å². The van der Waals surface area contributed by atoms with Gasteiger partial charge in [-0.1, -0.05) is 12.1 Å². The molecule has 0 fully saturated rings. The first-order chi connectivity index (χ1) is 11.5. The highest BCUT2D eigenvalue weighted by atomic mass is 32.1. The number of carbonyl (C=O) groups is 1. The van der Waals surface area contributed by atoms with Gasteiger partial charge in [0, 0.05) is 12.4 Å². The third kappa shape index (κ3) is 3.13. The first kappa shape index (κ1) is 16.1. The molecule has 24 heavy (non-hydrogen) atoms. The first-order valence-electron chi connectivity index (χ1n) is 7.32. The number of aromatic nitrogens is 3.